The second-order valence-electron chi connectivity index (χ2n) is 7.00. The van der Waals surface area contributed by atoms with Crippen LogP contribution in [0.25, 0.3) is 10.8 Å². The summed E-state index contributed by atoms with van der Waals surface area (Å²) in [6.45, 7) is 2.09. The van der Waals surface area contributed by atoms with Crippen LogP contribution in [-0.2, 0) is 11.3 Å². The lowest BCUT2D eigenvalue weighted by Crippen LogP contribution is -2.19. The van der Waals surface area contributed by atoms with E-state index in [1.54, 1.807) is 11.3 Å². The number of ether oxygens (including phenoxy) is 1. The first-order valence-electron chi connectivity index (χ1n) is 9.94. The summed E-state index contributed by atoms with van der Waals surface area (Å²) in [6, 6.07) is 16.5. The van der Waals surface area contributed by atoms with E-state index in [2.05, 4.69) is 46.4 Å². The monoisotopic (exact) mass is 409 g/mol. The molecular weight excluding hydrogens is 382 g/mol. The van der Waals surface area contributed by atoms with Crippen molar-refractivity contribution in [3.05, 3.63) is 76.5 Å². The molecule has 0 unspecified atom stereocenters. The van der Waals surface area contributed by atoms with Crippen LogP contribution < -0.4 is 10.1 Å². The highest BCUT2D eigenvalue weighted by Gasteiger charge is 2.05. The number of aliphatic carboxylic acids is 1. The van der Waals surface area contributed by atoms with Crippen LogP contribution in [0.15, 0.2) is 70.9 Å². The van der Waals surface area contributed by atoms with Gasteiger partial charge in [0.15, 0.2) is 0 Å². The van der Waals surface area contributed by atoms with Crippen molar-refractivity contribution in [1.82, 2.24) is 5.32 Å². The molecule has 0 saturated heterocycles. The fraction of sp³-hybridized carbons (Fsp3) is 0.292. The molecule has 0 aliphatic rings. The number of fused-ring (bicyclic) bond motifs is 1. The number of hydrogen-bond acceptors (Lipinski definition) is 4. The van der Waals surface area contributed by atoms with E-state index in [0.29, 0.717) is 13.0 Å². The van der Waals surface area contributed by atoms with Gasteiger partial charge in [0.05, 0.1) is 0 Å². The van der Waals surface area contributed by atoms with Crippen LogP contribution in [0.3, 0.4) is 0 Å². The highest BCUT2D eigenvalue weighted by Crippen LogP contribution is 2.25. The van der Waals surface area contributed by atoms with Crippen LogP contribution in [0.1, 0.15) is 31.2 Å². The number of hydrogen-bond donors (Lipinski definition) is 2. The SMILES string of the molecule is O=C(O)CCCC/C=C(/CNCc1ccsc1)COc1cccc2ccccc12. The molecule has 3 rings (SSSR count). The molecule has 2 N–H and O–H groups in total. The Morgan fingerprint density at radius 2 is 1.97 bits per heavy atom. The zero-order valence-electron chi connectivity index (χ0n) is 16.5. The number of thiophene rings is 1. The van der Waals surface area contributed by atoms with E-state index >= 15 is 0 Å². The van der Waals surface area contributed by atoms with Crippen LogP contribution in [-0.4, -0.2) is 24.2 Å². The predicted octanol–water partition coefficient (Wildman–Crippen LogP) is 5.64. The summed E-state index contributed by atoms with van der Waals surface area (Å²) in [5.41, 5.74) is 2.47. The average molecular weight is 410 g/mol. The van der Waals surface area contributed by atoms with Gasteiger partial charge in [-0.05, 0) is 58.7 Å². The molecule has 0 aliphatic carbocycles. The Labute approximate surface area is 175 Å². The van der Waals surface area contributed by atoms with Crippen LogP contribution in [0.4, 0.5) is 0 Å². The lowest BCUT2D eigenvalue weighted by Gasteiger charge is -2.13. The van der Waals surface area contributed by atoms with E-state index in [1.807, 2.05) is 24.3 Å². The van der Waals surface area contributed by atoms with E-state index < -0.39 is 5.97 Å². The highest BCUT2D eigenvalue weighted by atomic mass is 32.1. The van der Waals surface area contributed by atoms with Gasteiger partial charge in [-0.2, -0.15) is 11.3 Å². The molecule has 1 heterocycles. The Morgan fingerprint density at radius 1 is 1.10 bits per heavy atom. The molecule has 0 spiro atoms. The Balaban J connectivity index is 1.58. The van der Waals surface area contributed by atoms with Crippen LogP contribution >= 0.6 is 11.3 Å². The molecule has 0 fully saturated rings. The van der Waals surface area contributed by atoms with Gasteiger partial charge in [0.1, 0.15) is 12.4 Å². The molecule has 0 atom stereocenters. The lowest BCUT2D eigenvalue weighted by molar-refractivity contribution is -0.137. The van der Waals surface area contributed by atoms with Crippen molar-refractivity contribution < 1.29 is 14.6 Å². The molecule has 0 aliphatic heterocycles. The van der Waals surface area contributed by atoms with Gasteiger partial charge in [-0.25, -0.2) is 0 Å². The predicted molar refractivity (Wildman–Crippen MR) is 120 cm³/mol. The van der Waals surface area contributed by atoms with Gasteiger partial charge in [0.25, 0.3) is 0 Å². The van der Waals surface area contributed by atoms with Gasteiger partial charge in [-0.15, -0.1) is 0 Å². The number of benzene rings is 2. The second-order valence-corrected chi connectivity index (χ2v) is 7.78. The summed E-state index contributed by atoms with van der Waals surface area (Å²) in [4.78, 5) is 10.7. The number of carboxylic acids is 1. The Kier molecular flexibility index (Phi) is 8.28. The van der Waals surface area contributed by atoms with Crippen molar-refractivity contribution in [2.75, 3.05) is 13.2 Å². The molecule has 4 nitrogen and oxygen atoms in total. The van der Waals surface area contributed by atoms with Gasteiger partial charge < -0.3 is 15.2 Å². The van der Waals surface area contributed by atoms with E-state index in [1.165, 1.54) is 16.5 Å². The fourth-order valence-corrected chi connectivity index (χ4v) is 3.83. The van der Waals surface area contributed by atoms with Crippen molar-refractivity contribution in [3.63, 3.8) is 0 Å². The third-order valence-corrected chi connectivity index (χ3v) is 5.43. The first kappa shape index (κ1) is 21.1. The number of allylic oxidation sites excluding steroid dienone is 1. The first-order chi connectivity index (χ1) is 14.2. The minimum absolute atomic E-state index is 0.228. The highest BCUT2D eigenvalue weighted by molar-refractivity contribution is 7.07. The maximum atomic E-state index is 10.7. The summed E-state index contributed by atoms with van der Waals surface area (Å²) >= 11 is 1.70. The standard InChI is InChI=1S/C24H27NO3S/c26-24(27)12-3-1-2-7-19(15-25-16-20-13-14-29-18-20)17-28-23-11-6-9-21-8-4-5-10-22(21)23/h4-11,13-14,18,25H,1-3,12,15-17H2,(H,26,27)/b19-7-. The minimum Gasteiger partial charge on any atom is -0.489 e. The molecule has 152 valence electrons. The first-order valence-corrected chi connectivity index (χ1v) is 10.9. The molecule has 0 bridgehead atoms. The van der Waals surface area contributed by atoms with E-state index in [9.17, 15) is 4.79 Å². The Hall–Kier alpha value is -2.63. The topological polar surface area (TPSA) is 58.6 Å². The van der Waals surface area contributed by atoms with Crippen LogP contribution in [0.2, 0.25) is 0 Å². The largest absolute Gasteiger partial charge is 0.489 e. The lowest BCUT2D eigenvalue weighted by atomic mass is 10.1. The number of rotatable bonds is 12. The third kappa shape index (κ3) is 7.04. The van der Waals surface area contributed by atoms with Crippen molar-refractivity contribution in [3.8, 4) is 5.75 Å². The minimum atomic E-state index is -0.731. The van der Waals surface area contributed by atoms with Crippen molar-refractivity contribution >= 4 is 28.1 Å². The Bertz CT molecular complexity index is 929. The molecule has 1 aromatic heterocycles. The van der Waals surface area contributed by atoms with E-state index in [-0.39, 0.29) is 6.42 Å². The quantitative estimate of drug-likeness (QED) is 0.300. The van der Waals surface area contributed by atoms with Gasteiger partial charge in [0, 0.05) is 24.9 Å². The molecule has 0 amide bonds. The molecule has 0 saturated carbocycles. The van der Waals surface area contributed by atoms with Gasteiger partial charge in [-0.3, -0.25) is 4.79 Å². The van der Waals surface area contributed by atoms with E-state index in [4.69, 9.17) is 9.84 Å². The smallest absolute Gasteiger partial charge is 0.303 e. The van der Waals surface area contributed by atoms with Crippen LogP contribution in [0.5, 0.6) is 5.75 Å². The third-order valence-electron chi connectivity index (χ3n) is 4.70. The van der Waals surface area contributed by atoms with Crippen LogP contribution in [0, 0.1) is 0 Å². The fourth-order valence-electron chi connectivity index (χ4n) is 3.16. The summed E-state index contributed by atoms with van der Waals surface area (Å²) in [5.74, 6) is 0.156. The number of carbonyl (C=O) groups is 1. The molecule has 0 radical (unpaired) electrons. The molecular formula is C24H27NO3S. The molecule has 2 aromatic carbocycles. The Morgan fingerprint density at radius 3 is 2.79 bits per heavy atom. The number of nitrogens with one attached hydrogen (secondary N) is 1. The molecule has 29 heavy (non-hydrogen) atoms. The second kappa shape index (κ2) is 11.4. The van der Waals surface area contributed by atoms with Crippen molar-refractivity contribution in [2.24, 2.45) is 0 Å². The summed E-state index contributed by atoms with van der Waals surface area (Å²) < 4.78 is 6.16. The van der Waals surface area contributed by atoms with Crippen molar-refractivity contribution in [1.29, 1.82) is 0 Å². The maximum absolute atomic E-state index is 10.7. The molecule has 5 heteroatoms. The number of carboxylic acid groups (broad SMARTS) is 1. The average Bonchev–Trinajstić information content (AvgIpc) is 3.24. The zero-order chi connectivity index (χ0) is 20.3. The van der Waals surface area contributed by atoms with Gasteiger partial charge in [-0.1, -0.05) is 42.5 Å². The summed E-state index contributed by atoms with van der Waals surface area (Å²) in [6.07, 6.45) is 4.85. The summed E-state index contributed by atoms with van der Waals surface area (Å²) in [7, 11) is 0. The number of unbranched alkanes of at least 4 members (excludes halogenated alkanes) is 2. The molecule has 3 aromatic rings. The van der Waals surface area contributed by atoms with Gasteiger partial charge in [0.2, 0.25) is 0 Å². The zero-order valence-corrected chi connectivity index (χ0v) is 17.3. The van der Waals surface area contributed by atoms with E-state index in [0.717, 1.165) is 37.1 Å². The maximum Gasteiger partial charge on any atom is 0.303 e. The normalized spacial score (nSPS) is 11.7. The van der Waals surface area contributed by atoms with Gasteiger partial charge >= 0.3 is 5.97 Å². The van der Waals surface area contributed by atoms with Crippen molar-refractivity contribution in [2.45, 2.75) is 32.2 Å². The summed E-state index contributed by atoms with van der Waals surface area (Å²) in [5, 5.41) is 18.8.